The molecule has 0 radical (unpaired) electrons. The minimum absolute atomic E-state index is 0.0457. The van der Waals surface area contributed by atoms with E-state index in [1.807, 2.05) is 33.8 Å². The highest BCUT2D eigenvalue weighted by atomic mass is 19.3. The summed E-state index contributed by atoms with van der Waals surface area (Å²) in [6.07, 6.45) is -0.0457. The highest BCUT2D eigenvalue weighted by Gasteiger charge is 2.58. The van der Waals surface area contributed by atoms with Gasteiger partial charge in [-0.3, -0.25) is 0 Å². The lowest BCUT2D eigenvalue weighted by atomic mass is 9.98. The molecule has 4 heteroatoms. The third-order valence-corrected chi connectivity index (χ3v) is 3.21. The Kier molecular flexibility index (Phi) is 2.92. The van der Waals surface area contributed by atoms with Gasteiger partial charge in [0.05, 0.1) is 17.3 Å². The molecule has 2 nitrogen and oxygen atoms in total. The number of hydrogen-bond donors (Lipinski definition) is 0. The van der Waals surface area contributed by atoms with Crippen LogP contribution in [-0.4, -0.2) is 16.1 Å². The summed E-state index contributed by atoms with van der Waals surface area (Å²) in [5.41, 5.74) is 2.22. The van der Waals surface area contributed by atoms with Crippen LogP contribution >= 0.6 is 0 Å². The molecule has 94 valence electrons. The molecule has 2 rings (SSSR count). The van der Waals surface area contributed by atoms with Crippen LogP contribution in [0.25, 0.3) is 0 Å². The quantitative estimate of drug-likeness (QED) is 0.802. The van der Waals surface area contributed by atoms with Crippen molar-refractivity contribution < 1.29 is 8.78 Å². The van der Waals surface area contributed by atoms with Crippen LogP contribution in [0, 0.1) is 0 Å². The zero-order valence-electron chi connectivity index (χ0n) is 10.7. The molecule has 1 heterocycles. The van der Waals surface area contributed by atoms with E-state index in [4.69, 9.17) is 0 Å². The Balaban J connectivity index is 2.42. The van der Waals surface area contributed by atoms with Gasteiger partial charge in [-0.25, -0.2) is 8.78 Å². The smallest absolute Gasteiger partial charge is 0.206 e. The Morgan fingerprint density at radius 3 is 2.18 bits per heavy atom. The van der Waals surface area contributed by atoms with E-state index in [2.05, 4.69) is 10.2 Å². The van der Waals surface area contributed by atoms with E-state index in [1.165, 1.54) is 0 Å². The van der Waals surface area contributed by atoms with Gasteiger partial charge in [-0.2, -0.15) is 10.2 Å². The zero-order chi connectivity index (χ0) is 12.8. The SMILES string of the molecule is CC(C)c1cc(C2CC2(F)F)c(C(C)C)nn1. The van der Waals surface area contributed by atoms with Crippen LogP contribution in [0.2, 0.25) is 0 Å². The molecular weight excluding hydrogens is 222 g/mol. The molecule has 1 aromatic heterocycles. The summed E-state index contributed by atoms with van der Waals surface area (Å²) < 4.78 is 26.4. The second-order valence-corrected chi connectivity index (χ2v) is 5.44. The van der Waals surface area contributed by atoms with Crippen LogP contribution in [0.4, 0.5) is 8.78 Å². The van der Waals surface area contributed by atoms with E-state index in [1.54, 1.807) is 0 Å². The fraction of sp³-hybridized carbons (Fsp3) is 0.692. The third-order valence-electron chi connectivity index (χ3n) is 3.21. The van der Waals surface area contributed by atoms with Crippen molar-refractivity contribution >= 4 is 0 Å². The number of rotatable bonds is 3. The molecule has 1 unspecified atom stereocenters. The standard InChI is InChI=1S/C13H18F2N2/c1-7(2)11-5-9(10-6-13(10,14)15)12(8(3)4)17-16-11/h5,7-8,10H,6H2,1-4H3. The molecule has 0 spiro atoms. The molecule has 1 fully saturated rings. The van der Waals surface area contributed by atoms with E-state index in [0.29, 0.717) is 5.56 Å². The number of hydrogen-bond acceptors (Lipinski definition) is 2. The molecule has 1 atom stereocenters. The molecular formula is C13H18F2N2. The van der Waals surface area contributed by atoms with Crippen LogP contribution in [-0.2, 0) is 0 Å². The Morgan fingerprint density at radius 2 is 1.76 bits per heavy atom. The first kappa shape index (κ1) is 12.4. The van der Waals surface area contributed by atoms with Gasteiger partial charge in [0.15, 0.2) is 0 Å². The van der Waals surface area contributed by atoms with Crippen LogP contribution in [0.15, 0.2) is 6.07 Å². The van der Waals surface area contributed by atoms with Crippen molar-refractivity contribution in [1.82, 2.24) is 10.2 Å². The van der Waals surface area contributed by atoms with Crippen molar-refractivity contribution in [2.75, 3.05) is 0 Å². The molecule has 17 heavy (non-hydrogen) atoms. The summed E-state index contributed by atoms with van der Waals surface area (Å²) in [5.74, 6) is -2.83. The first-order valence-electron chi connectivity index (χ1n) is 6.08. The number of aromatic nitrogens is 2. The van der Waals surface area contributed by atoms with Gasteiger partial charge in [0.25, 0.3) is 5.92 Å². The molecule has 1 aliphatic carbocycles. The highest BCUT2D eigenvalue weighted by molar-refractivity contribution is 5.35. The van der Waals surface area contributed by atoms with Gasteiger partial charge in [-0.15, -0.1) is 0 Å². The summed E-state index contributed by atoms with van der Waals surface area (Å²) in [4.78, 5) is 0. The molecule has 0 amide bonds. The monoisotopic (exact) mass is 240 g/mol. The Morgan fingerprint density at radius 1 is 1.18 bits per heavy atom. The van der Waals surface area contributed by atoms with Crippen LogP contribution < -0.4 is 0 Å². The van der Waals surface area contributed by atoms with E-state index in [-0.39, 0.29) is 18.3 Å². The van der Waals surface area contributed by atoms with Crippen molar-refractivity contribution in [2.24, 2.45) is 0 Å². The van der Waals surface area contributed by atoms with Crippen molar-refractivity contribution in [1.29, 1.82) is 0 Å². The largest absolute Gasteiger partial charge is 0.256 e. The lowest BCUT2D eigenvalue weighted by Crippen LogP contribution is -2.07. The van der Waals surface area contributed by atoms with Crippen LogP contribution in [0.1, 0.15) is 68.8 Å². The summed E-state index contributed by atoms with van der Waals surface area (Å²) in [6, 6.07) is 1.82. The van der Waals surface area contributed by atoms with E-state index < -0.39 is 11.8 Å². The Labute approximate surface area is 100 Å². The molecule has 0 aromatic carbocycles. The van der Waals surface area contributed by atoms with Gasteiger partial charge in [0.1, 0.15) is 0 Å². The average Bonchev–Trinajstić information content (AvgIpc) is 2.86. The van der Waals surface area contributed by atoms with Gasteiger partial charge in [-0.1, -0.05) is 27.7 Å². The normalized spacial score (nSPS) is 22.2. The average molecular weight is 240 g/mol. The van der Waals surface area contributed by atoms with Gasteiger partial charge in [0.2, 0.25) is 0 Å². The van der Waals surface area contributed by atoms with Crippen LogP contribution in [0.5, 0.6) is 0 Å². The fourth-order valence-corrected chi connectivity index (χ4v) is 1.99. The van der Waals surface area contributed by atoms with Crippen molar-refractivity contribution in [3.8, 4) is 0 Å². The van der Waals surface area contributed by atoms with Crippen molar-refractivity contribution in [3.63, 3.8) is 0 Å². The summed E-state index contributed by atoms with van der Waals surface area (Å²) in [5, 5.41) is 8.27. The Bertz CT molecular complexity index is 427. The fourth-order valence-electron chi connectivity index (χ4n) is 1.99. The molecule has 0 bridgehead atoms. The zero-order valence-corrected chi connectivity index (χ0v) is 10.7. The maximum Gasteiger partial charge on any atom is 0.256 e. The summed E-state index contributed by atoms with van der Waals surface area (Å²) in [7, 11) is 0. The van der Waals surface area contributed by atoms with Gasteiger partial charge >= 0.3 is 0 Å². The summed E-state index contributed by atoms with van der Waals surface area (Å²) in [6.45, 7) is 7.91. The summed E-state index contributed by atoms with van der Waals surface area (Å²) >= 11 is 0. The number of nitrogens with zero attached hydrogens (tertiary/aromatic N) is 2. The Hall–Kier alpha value is -1.06. The van der Waals surface area contributed by atoms with Crippen molar-refractivity contribution in [2.45, 2.75) is 57.8 Å². The highest BCUT2D eigenvalue weighted by Crippen LogP contribution is 2.56. The van der Waals surface area contributed by atoms with Gasteiger partial charge in [0, 0.05) is 6.42 Å². The molecule has 1 aliphatic rings. The molecule has 1 saturated carbocycles. The maximum atomic E-state index is 13.2. The molecule has 0 N–H and O–H groups in total. The van der Waals surface area contributed by atoms with Gasteiger partial charge < -0.3 is 0 Å². The lowest BCUT2D eigenvalue weighted by Gasteiger charge is -2.13. The lowest BCUT2D eigenvalue weighted by molar-refractivity contribution is 0.112. The topological polar surface area (TPSA) is 25.8 Å². The first-order valence-corrected chi connectivity index (χ1v) is 6.08. The van der Waals surface area contributed by atoms with Gasteiger partial charge in [-0.05, 0) is 23.5 Å². The van der Waals surface area contributed by atoms with Crippen LogP contribution in [0.3, 0.4) is 0 Å². The molecule has 0 saturated heterocycles. The minimum atomic E-state index is -2.54. The number of halogens is 2. The predicted molar refractivity (Wildman–Crippen MR) is 62.5 cm³/mol. The van der Waals surface area contributed by atoms with E-state index >= 15 is 0 Å². The van der Waals surface area contributed by atoms with E-state index in [0.717, 1.165) is 11.4 Å². The second kappa shape index (κ2) is 4.00. The molecule has 1 aromatic rings. The first-order chi connectivity index (χ1) is 7.83. The maximum absolute atomic E-state index is 13.2. The van der Waals surface area contributed by atoms with E-state index in [9.17, 15) is 8.78 Å². The number of alkyl halides is 2. The second-order valence-electron chi connectivity index (χ2n) is 5.44. The third kappa shape index (κ3) is 2.31. The predicted octanol–water partition coefficient (Wildman–Crippen LogP) is 3.85. The van der Waals surface area contributed by atoms with Crippen molar-refractivity contribution in [3.05, 3.63) is 23.0 Å². The minimum Gasteiger partial charge on any atom is -0.206 e. The molecule has 0 aliphatic heterocycles.